The highest BCUT2D eigenvalue weighted by Crippen LogP contribution is 1.99. The summed E-state index contributed by atoms with van der Waals surface area (Å²) in [5, 5.41) is 3.05. The highest BCUT2D eigenvalue weighted by atomic mass is 16.5. The predicted octanol–water partition coefficient (Wildman–Crippen LogP) is 0.947. The Kier molecular flexibility index (Phi) is 3.70. The molecule has 0 bridgehead atoms. The van der Waals surface area contributed by atoms with E-state index in [-0.39, 0.29) is 0 Å². The zero-order valence-electron chi connectivity index (χ0n) is 7.50. The normalized spacial score (nSPS) is 10.2. The van der Waals surface area contributed by atoms with Gasteiger partial charge in [-0.05, 0) is 19.2 Å². The van der Waals surface area contributed by atoms with Gasteiger partial charge in [0, 0.05) is 13.7 Å². The van der Waals surface area contributed by atoms with Crippen LogP contribution in [0.5, 0.6) is 0 Å². The Morgan fingerprint density at radius 2 is 2.17 bits per heavy atom. The van der Waals surface area contributed by atoms with Crippen LogP contribution in [0.1, 0.15) is 11.4 Å². The third kappa shape index (κ3) is 2.60. The fraction of sp³-hybridized carbons (Fsp3) is 0.444. The lowest BCUT2D eigenvalue weighted by molar-refractivity contribution is 0.181. The lowest BCUT2D eigenvalue weighted by Gasteiger charge is -2.02. The number of aromatic nitrogens is 1. The van der Waals surface area contributed by atoms with E-state index in [2.05, 4.69) is 10.3 Å². The lowest BCUT2D eigenvalue weighted by Crippen LogP contribution is -2.07. The maximum atomic E-state index is 4.98. The zero-order valence-corrected chi connectivity index (χ0v) is 7.50. The maximum Gasteiger partial charge on any atom is 0.0884 e. The Morgan fingerprint density at radius 1 is 1.42 bits per heavy atom. The van der Waals surface area contributed by atoms with Crippen LogP contribution in [0.25, 0.3) is 0 Å². The molecule has 0 aromatic carbocycles. The van der Waals surface area contributed by atoms with Crippen molar-refractivity contribution in [3.63, 3.8) is 0 Å². The minimum atomic E-state index is 0.581. The van der Waals surface area contributed by atoms with Crippen LogP contribution in [0.4, 0.5) is 0 Å². The summed E-state index contributed by atoms with van der Waals surface area (Å²) >= 11 is 0. The van der Waals surface area contributed by atoms with Crippen LogP contribution in [0.2, 0.25) is 0 Å². The van der Waals surface area contributed by atoms with Gasteiger partial charge in [0.05, 0.1) is 18.0 Å². The summed E-state index contributed by atoms with van der Waals surface area (Å²) in [6.07, 6.45) is 0. The van der Waals surface area contributed by atoms with Crippen molar-refractivity contribution in [2.24, 2.45) is 0 Å². The molecule has 1 rings (SSSR count). The van der Waals surface area contributed by atoms with E-state index in [9.17, 15) is 0 Å². The molecule has 0 radical (unpaired) electrons. The molecule has 1 heterocycles. The van der Waals surface area contributed by atoms with Gasteiger partial charge in [-0.25, -0.2) is 0 Å². The molecule has 0 atom stereocenters. The average Bonchev–Trinajstić information content (AvgIpc) is 2.06. The van der Waals surface area contributed by atoms with Gasteiger partial charge >= 0.3 is 0 Å². The predicted molar refractivity (Wildman–Crippen MR) is 47.7 cm³/mol. The van der Waals surface area contributed by atoms with E-state index < -0.39 is 0 Å². The zero-order chi connectivity index (χ0) is 8.81. The molecule has 0 unspecified atom stereocenters. The summed E-state index contributed by atoms with van der Waals surface area (Å²) in [7, 11) is 3.58. The Labute approximate surface area is 72.8 Å². The second kappa shape index (κ2) is 4.85. The fourth-order valence-corrected chi connectivity index (χ4v) is 1.04. The Morgan fingerprint density at radius 3 is 2.83 bits per heavy atom. The first-order chi connectivity index (χ1) is 5.86. The third-order valence-electron chi connectivity index (χ3n) is 1.51. The number of nitrogens with one attached hydrogen (secondary N) is 1. The Bertz CT molecular complexity index is 216. The molecule has 1 aromatic heterocycles. The first kappa shape index (κ1) is 9.16. The van der Waals surface area contributed by atoms with Crippen LogP contribution in [-0.4, -0.2) is 19.1 Å². The van der Waals surface area contributed by atoms with Gasteiger partial charge in [-0.3, -0.25) is 4.98 Å². The van der Waals surface area contributed by atoms with E-state index in [1.165, 1.54) is 0 Å². The molecule has 0 fully saturated rings. The monoisotopic (exact) mass is 166 g/mol. The molecule has 3 nitrogen and oxygen atoms in total. The van der Waals surface area contributed by atoms with E-state index in [0.29, 0.717) is 6.61 Å². The van der Waals surface area contributed by atoms with Crippen molar-refractivity contribution >= 4 is 0 Å². The molecule has 1 N–H and O–H groups in total. The van der Waals surface area contributed by atoms with E-state index in [0.717, 1.165) is 17.9 Å². The van der Waals surface area contributed by atoms with Crippen LogP contribution in [0.15, 0.2) is 18.2 Å². The fourth-order valence-electron chi connectivity index (χ4n) is 1.04. The first-order valence-corrected chi connectivity index (χ1v) is 3.95. The first-order valence-electron chi connectivity index (χ1n) is 3.95. The number of ether oxygens (including phenoxy) is 1. The highest BCUT2D eigenvalue weighted by molar-refractivity contribution is 5.10. The number of hydrogen-bond acceptors (Lipinski definition) is 3. The van der Waals surface area contributed by atoms with Crippen molar-refractivity contribution in [3.05, 3.63) is 29.6 Å². The number of methoxy groups -OCH3 is 1. The van der Waals surface area contributed by atoms with Crippen molar-refractivity contribution in [2.75, 3.05) is 14.2 Å². The molecule has 0 spiro atoms. The van der Waals surface area contributed by atoms with Crippen molar-refractivity contribution in [1.29, 1.82) is 0 Å². The molecule has 3 heteroatoms. The molecule has 1 aromatic rings. The number of pyridine rings is 1. The number of nitrogens with zero attached hydrogens (tertiary/aromatic N) is 1. The molecule has 0 aliphatic rings. The largest absolute Gasteiger partial charge is 0.378 e. The lowest BCUT2D eigenvalue weighted by atomic mass is 10.3. The molecular weight excluding hydrogens is 152 g/mol. The quantitative estimate of drug-likeness (QED) is 0.723. The van der Waals surface area contributed by atoms with Crippen LogP contribution in [0, 0.1) is 0 Å². The summed E-state index contributed by atoms with van der Waals surface area (Å²) in [4.78, 5) is 4.36. The molecule has 0 aliphatic carbocycles. The summed E-state index contributed by atoms with van der Waals surface area (Å²) < 4.78 is 4.98. The van der Waals surface area contributed by atoms with E-state index in [1.54, 1.807) is 7.11 Å². The van der Waals surface area contributed by atoms with Crippen molar-refractivity contribution in [3.8, 4) is 0 Å². The van der Waals surface area contributed by atoms with E-state index in [4.69, 9.17) is 4.74 Å². The summed E-state index contributed by atoms with van der Waals surface area (Å²) in [5.41, 5.74) is 2.03. The summed E-state index contributed by atoms with van der Waals surface area (Å²) in [6, 6.07) is 5.95. The second-order valence-electron chi connectivity index (χ2n) is 2.58. The molecular formula is C9H14N2O. The van der Waals surface area contributed by atoms with Crippen LogP contribution in [-0.2, 0) is 17.9 Å². The smallest absolute Gasteiger partial charge is 0.0884 e. The Hall–Kier alpha value is -0.930. The van der Waals surface area contributed by atoms with Gasteiger partial charge in [0.1, 0.15) is 0 Å². The minimum Gasteiger partial charge on any atom is -0.378 e. The maximum absolute atomic E-state index is 4.98. The van der Waals surface area contributed by atoms with Crippen molar-refractivity contribution < 1.29 is 4.74 Å². The van der Waals surface area contributed by atoms with Gasteiger partial charge in [0.25, 0.3) is 0 Å². The van der Waals surface area contributed by atoms with Crippen LogP contribution < -0.4 is 5.32 Å². The Balaban J connectivity index is 2.67. The van der Waals surface area contributed by atoms with Crippen LogP contribution in [0.3, 0.4) is 0 Å². The number of rotatable bonds is 4. The molecule has 0 aliphatic heterocycles. The third-order valence-corrected chi connectivity index (χ3v) is 1.51. The van der Waals surface area contributed by atoms with E-state index >= 15 is 0 Å². The van der Waals surface area contributed by atoms with Gasteiger partial charge in [-0.1, -0.05) is 6.07 Å². The van der Waals surface area contributed by atoms with Gasteiger partial charge in [0.2, 0.25) is 0 Å². The topological polar surface area (TPSA) is 34.1 Å². The van der Waals surface area contributed by atoms with Crippen LogP contribution >= 0.6 is 0 Å². The van der Waals surface area contributed by atoms with Gasteiger partial charge in [0.15, 0.2) is 0 Å². The SMILES string of the molecule is CNCc1cccc(COC)n1. The van der Waals surface area contributed by atoms with Crippen molar-refractivity contribution in [1.82, 2.24) is 10.3 Å². The van der Waals surface area contributed by atoms with Gasteiger partial charge in [-0.15, -0.1) is 0 Å². The number of hydrogen-bond donors (Lipinski definition) is 1. The summed E-state index contributed by atoms with van der Waals surface area (Å²) in [6.45, 7) is 1.38. The molecule has 0 saturated carbocycles. The molecule has 12 heavy (non-hydrogen) atoms. The average molecular weight is 166 g/mol. The second-order valence-corrected chi connectivity index (χ2v) is 2.58. The molecule has 66 valence electrons. The summed E-state index contributed by atoms with van der Waals surface area (Å²) in [5.74, 6) is 0. The molecule has 0 saturated heterocycles. The van der Waals surface area contributed by atoms with Crippen molar-refractivity contribution in [2.45, 2.75) is 13.2 Å². The highest BCUT2D eigenvalue weighted by Gasteiger charge is 1.95. The standard InChI is InChI=1S/C9H14N2O/c1-10-6-8-4-3-5-9(11-8)7-12-2/h3-5,10H,6-7H2,1-2H3. The van der Waals surface area contributed by atoms with Gasteiger partial charge in [-0.2, -0.15) is 0 Å². The van der Waals surface area contributed by atoms with Gasteiger partial charge < -0.3 is 10.1 Å². The molecule has 0 amide bonds. The van der Waals surface area contributed by atoms with E-state index in [1.807, 2.05) is 25.2 Å². The minimum absolute atomic E-state index is 0.581.